The lowest BCUT2D eigenvalue weighted by Crippen LogP contribution is -2.38. The molecule has 6 heteroatoms. The molecule has 0 aliphatic carbocycles. The summed E-state index contributed by atoms with van der Waals surface area (Å²) in [5.41, 5.74) is 9.41. The molecule has 35 heavy (non-hydrogen) atoms. The van der Waals surface area contributed by atoms with Gasteiger partial charge >= 0.3 is 0 Å². The number of ether oxygens (including phenoxy) is 1. The van der Waals surface area contributed by atoms with Crippen LogP contribution in [-0.2, 0) is 9.53 Å². The first kappa shape index (κ1) is 25.1. The second kappa shape index (κ2) is 12.1. The summed E-state index contributed by atoms with van der Waals surface area (Å²) in [6.45, 7) is 4.62. The Bertz CT molecular complexity index is 1050. The van der Waals surface area contributed by atoms with Crippen molar-refractivity contribution >= 4 is 5.91 Å². The van der Waals surface area contributed by atoms with E-state index in [2.05, 4.69) is 36.1 Å². The van der Waals surface area contributed by atoms with Gasteiger partial charge in [-0.25, -0.2) is 4.39 Å². The topological polar surface area (TPSA) is 58.8 Å². The Kier molecular flexibility index (Phi) is 8.72. The van der Waals surface area contributed by atoms with E-state index in [-0.39, 0.29) is 23.9 Å². The summed E-state index contributed by atoms with van der Waals surface area (Å²) in [4.78, 5) is 17.9. The van der Waals surface area contributed by atoms with Gasteiger partial charge in [0.2, 0.25) is 0 Å². The van der Waals surface area contributed by atoms with Gasteiger partial charge in [-0.3, -0.25) is 4.79 Å². The average molecular weight is 478 g/mol. The fourth-order valence-corrected chi connectivity index (χ4v) is 4.96. The third-order valence-corrected chi connectivity index (χ3v) is 6.85. The van der Waals surface area contributed by atoms with Gasteiger partial charge in [0.15, 0.2) is 0 Å². The largest absolute Gasteiger partial charge is 0.377 e. The van der Waals surface area contributed by atoms with E-state index in [0.29, 0.717) is 19.7 Å². The molecular weight excluding hydrogens is 441 g/mol. The minimum Gasteiger partial charge on any atom is -0.377 e. The third kappa shape index (κ3) is 6.19. The Morgan fingerprint density at radius 2 is 1.91 bits per heavy atom. The van der Waals surface area contributed by atoms with Crippen LogP contribution in [0.4, 0.5) is 4.39 Å². The van der Waals surface area contributed by atoms with Crippen LogP contribution in [0.2, 0.25) is 0 Å². The van der Waals surface area contributed by atoms with Gasteiger partial charge in [-0.2, -0.15) is 0 Å². The molecule has 186 valence electrons. The van der Waals surface area contributed by atoms with Gasteiger partial charge in [-0.05, 0) is 67.9 Å². The zero-order chi connectivity index (χ0) is 24.6. The molecule has 2 aliphatic rings. The van der Waals surface area contributed by atoms with E-state index < -0.39 is 0 Å². The van der Waals surface area contributed by atoms with E-state index in [4.69, 9.17) is 10.5 Å². The molecule has 0 aromatic heterocycles. The minimum absolute atomic E-state index is 0.0714. The van der Waals surface area contributed by atoms with E-state index >= 15 is 0 Å². The van der Waals surface area contributed by atoms with Crippen LogP contribution in [0.5, 0.6) is 0 Å². The molecule has 0 unspecified atom stereocenters. The van der Waals surface area contributed by atoms with Crippen molar-refractivity contribution in [2.45, 2.75) is 51.2 Å². The van der Waals surface area contributed by atoms with E-state index in [1.165, 1.54) is 12.1 Å². The lowest BCUT2D eigenvalue weighted by atomic mass is 9.94. The second-order valence-corrected chi connectivity index (χ2v) is 9.23. The molecule has 1 amide bonds. The number of hydrogen-bond acceptors (Lipinski definition) is 4. The Labute approximate surface area is 208 Å². The Balaban J connectivity index is 1.57. The molecule has 5 nitrogen and oxygen atoms in total. The van der Waals surface area contributed by atoms with Gasteiger partial charge in [0, 0.05) is 25.8 Å². The standard InChI is InChI=1S/C29H36FN3O2/c1-22(26-9-4-5-10-27(26)23-12-14-24(30)15-13-23)33-19-6-2-3-11-28(33)29(34)32-18-7-8-25(16-20-32)35-21-17-31/h4-6,9-15,19,22,25H,2-3,7-8,16-18,20-21,31H2,1H3/t22-,25+/m0/s1. The quantitative estimate of drug-likeness (QED) is 0.580. The number of hydrogen-bond donors (Lipinski definition) is 1. The maximum Gasteiger partial charge on any atom is 0.270 e. The number of benzene rings is 2. The van der Waals surface area contributed by atoms with Gasteiger partial charge in [0.05, 0.1) is 18.8 Å². The molecule has 0 radical (unpaired) electrons. The summed E-state index contributed by atoms with van der Waals surface area (Å²) in [6.07, 6.45) is 10.9. The van der Waals surface area contributed by atoms with Crippen LogP contribution < -0.4 is 5.73 Å². The molecule has 4 rings (SSSR count). The van der Waals surface area contributed by atoms with Gasteiger partial charge in [0.1, 0.15) is 11.5 Å². The van der Waals surface area contributed by atoms with Crippen LogP contribution in [0, 0.1) is 5.82 Å². The lowest BCUT2D eigenvalue weighted by Gasteiger charge is -2.33. The van der Waals surface area contributed by atoms with Crippen LogP contribution in [0.25, 0.3) is 11.1 Å². The van der Waals surface area contributed by atoms with E-state index in [1.54, 1.807) is 12.1 Å². The maximum atomic E-state index is 13.8. The van der Waals surface area contributed by atoms with Crippen molar-refractivity contribution in [2.24, 2.45) is 5.73 Å². The molecule has 2 atom stereocenters. The van der Waals surface area contributed by atoms with E-state index in [9.17, 15) is 9.18 Å². The smallest absolute Gasteiger partial charge is 0.270 e. The summed E-state index contributed by atoms with van der Waals surface area (Å²) >= 11 is 0. The first-order valence-corrected chi connectivity index (χ1v) is 12.7. The predicted octanol–water partition coefficient (Wildman–Crippen LogP) is 5.40. The molecule has 0 spiro atoms. The minimum atomic E-state index is -0.251. The number of carbonyl (C=O) groups is 1. The fourth-order valence-electron chi connectivity index (χ4n) is 4.96. The van der Waals surface area contributed by atoms with Gasteiger partial charge < -0.3 is 20.3 Å². The first-order valence-electron chi connectivity index (χ1n) is 12.7. The number of nitrogens with zero attached hydrogens (tertiary/aromatic N) is 2. The molecule has 2 heterocycles. The van der Waals surface area contributed by atoms with Gasteiger partial charge in [-0.1, -0.05) is 48.6 Å². The van der Waals surface area contributed by atoms with E-state index in [0.717, 1.165) is 61.0 Å². The SMILES string of the molecule is C[C@@H](c1ccccc1-c1ccc(F)cc1)N1C=CCCC=C1C(=O)N1CCC[C@@H](OCCN)CC1. The highest BCUT2D eigenvalue weighted by Gasteiger charge is 2.29. The predicted molar refractivity (Wildman–Crippen MR) is 138 cm³/mol. The normalized spacial score (nSPS) is 19.6. The van der Waals surface area contributed by atoms with Crippen LogP contribution >= 0.6 is 0 Å². The fraction of sp³-hybridized carbons (Fsp3) is 0.414. The van der Waals surface area contributed by atoms with Crippen molar-refractivity contribution in [1.82, 2.24) is 9.80 Å². The van der Waals surface area contributed by atoms with Crippen molar-refractivity contribution in [3.05, 3.63) is 84.0 Å². The molecule has 0 saturated carbocycles. The zero-order valence-electron chi connectivity index (χ0n) is 20.5. The summed E-state index contributed by atoms with van der Waals surface area (Å²) in [7, 11) is 0. The molecule has 1 fully saturated rings. The van der Waals surface area contributed by atoms with Crippen molar-refractivity contribution in [2.75, 3.05) is 26.2 Å². The Hall–Kier alpha value is -2.96. The molecule has 2 N–H and O–H groups in total. The summed E-state index contributed by atoms with van der Waals surface area (Å²) in [5.74, 6) is -0.180. The lowest BCUT2D eigenvalue weighted by molar-refractivity contribution is -0.128. The summed E-state index contributed by atoms with van der Waals surface area (Å²) in [6, 6.07) is 14.7. The Morgan fingerprint density at radius 3 is 2.71 bits per heavy atom. The molecule has 2 aromatic rings. The third-order valence-electron chi connectivity index (χ3n) is 6.85. The second-order valence-electron chi connectivity index (χ2n) is 9.23. The highest BCUT2D eigenvalue weighted by atomic mass is 19.1. The van der Waals surface area contributed by atoms with Crippen molar-refractivity contribution in [1.29, 1.82) is 0 Å². The summed E-state index contributed by atoms with van der Waals surface area (Å²) in [5, 5.41) is 0. The number of carbonyl (C=O) groups excluding carboxylic acids is 1. The van der Waals surface area contributed by atoms with Gasteiger partial charge in [0.25, 0.3) is 5.91 Å². The first-order chi connectivity index (χ1) is 17.1. The molecule has 2 aromatic carbocycles. The van der Waals surface area contributed by atoms with Crippen LogP contribution in [0.3, 0.4) is 0 Å². The van der Waals surface area contributed by atoms with Crippen molar-refractivity contribution in [3.8, 4) is 11.1 Å². The highest BCUT2D eigenvalue weighted by Crippen LogP contribution is 2.35. The molecule has 2 aliphatic heterocycles. The number of rotatable bonds is 7. The summed E-state index contributed by atoms with van der Waals surface area (Å²) < 4.78 is 19.4. The highest BCUT2D eigenvalue weighted by molar-refractivity contribution is 5.93. The van der Waals surface area contributed by atoms with E-state index in [1.807, 2.05) is 23.2 Å². The van der Waals surface area contributed by atoms with Crippen molar-refractivity contribution in [3.63, 3.8) is 0 Å². The van der Waals surface area contributed by atoms with Crippen molar-refractivity contribution < 1.29 is 13.9 Å². The number of likely N-dealkylation sites (tertiary alicyclic amines) is 1. The number of nitrogens with two attached hydrogens (primary N) is 1. The molecule has 1 saturated heterocycles. The molecular formula is C29H36FN3O2. The van der Waals surface area contributed by atoms with Crippen LogP contribution in [0.1, 0.15) is 50.6 Å². The zero-order valence-corrected chi connectivity index (χ0v) is 20.5. The van der Waals surface area contributed by atoms with Crippen LogP contribution in [0.15, 0.2) is 72.6 Å². The number of amides is 1. The average Bonchev–Trinajstić information content (AvgIpc) is 3.28. The monoisotopic (exact) mass is 477 g/mol. The number of halogens is 1. The van der Waals surface area contributed by atoms with Crippen LogP contribution in [-0.4, -0.2) is 48.1 Å². The molecule has 0 bridgehead atoms. The maximum absolute atomic E-state index is 13.8. The van der Waals surface area contributed by atoms with Gasteiger partial charge in [-0.15, -0.1) is 0 Å². The Morgan fingerprint density at radius 1 is 1.11 bits per heavy atom. The number of allylic oxidation sites excluding steroid dienone is 2.